The molecule has 9 heteroatoms. The highest BCUT2D eigenvalue weighted by atomic mass is 31.2. The van der Waals surface area contributed by atoms with E-state index in [4.69, 9.17) is 9.05 Å². The number of phosphoric ester groups is 1. The first-order chi connectivity index (χ1) is 35.5. The van der Waals surface area contributed by atoms with E-state index in [0.717, 1.165) is 70.6 Å². The number of carbonyl (C=O) groups excluding carboxylic acids is 1. The quantitative estimate of drug-likeness (QED) is 0.0272. The van der Waals surface area contributed by atoms with Gasteiger partial charge in [0.25, 0.3) is 7.82 Å². The van der Waals surface area contributed by atoms with Crippen molar-refractivity contribution in [3.8, 4) is 0 Å². The van der Waals surface area contributed by atoms with Crippen LogP contribution in [0.1, 0.15) is 277 Å². The van der Waals surface area contributed by atoms with Crippen LogP contribution >= 0.6 is 7.82 Å². The Kier molecular flexibility index (Phi) is 53.2. The highest BCUT2D eigenvalue weighted by Crippen LogP contribution is 2.38. The molecule has 0 aliphatic rings. The Hall–Kier alpha value is -2.06. The molecule has 0 spiro atoms. The van der Waals surface area contributed by atoms with Gasteiger partial charge >= 0.3 is 0 Å². The van der Waals surface area contributed by atoms with Gasteiger partial charge in [0.15, 0.2) is 0 Å². The van der Waals surface area contributed by atoms with Gasteiger partial charge in [-0.3, -0.25) is 9.36 Å². The second-order valence-electron chi connectivity index (χ2n) is 22.0. The Labute approximate surface area is 453 Å². The van der Waals surface area contributed by atoms with Crippen molar-refractivity contribution >= 4 is 13.7 Å². The summed E-state index contributed by atoms with van der Waals surface area (Å²) in [5, 5.41) is 13.9. The average Bonchev–Trinajstić information content (AvgIpc) is 3.35. The van der Waals surface area contributed by atoms with Crippen LogP contribution in [-0.4, -0.2) is 68.5 Å². The highest BCUT2D eigenvalue weighted by molar-refractivity contribution is 7.45. The number of amides is 1. The number of likely N-dealkylation sites (N-methyl/N-ethyl adjacent to an activating group) is 1. The Balaban J connectivity index is 4.19. The van der Waals surface area contributed by atoms with E-state index in [0.29, 0.717) is 17.4 Å². The van der Waals surface area contributed by atoms with Crippen LogP contribution in [0.3, 0.4) is 0 Å². The lowest BCUT2D eigenvalue weighted by Gasteiger charge is -2.29. The lowest BCUT2D eigenvalue weighted by Crippen LogP contribution is -2.45. The first-order valence-corrected chi connectivity index (χ1v) is 32.3. The van der Waals surface area contributed by atoms with Gasteiger partial charge in [-0.25, -0.2) is 0 Å². The normalized spacial score (nSPS) is 14.3. The molecular weight excluding hydrogens is 924 g/mol. The van der Waals surface area contributed by atoms with Gasteiger partial charge in [-0.15, -0.1) is 0 Å². The third kappa shape index (κ3) is 57.5. The molecule has 0 aromatic carbocycles. The lowest BCUT2D eigenvalue weighted by atomic mass is 10.0. The largest absolute Gasteiger partial charge is 0.756 e. The Morgan fingerprint density at radius 3 is 1.22 bits per heavy atom. The summed E-state index contributed by atoms with van der Waals surface area (Å²) in [6.07, 6.45) is 75.5. The summed E-state index contributed by atoms with van der Waals surface area (Å²) < 4.78 is 23.4. The Bertz CT molecular complexity index is 1420. The van der Waals surface area contributed by atoms with Crippen LogP contribution in [0.5, 0.6) is 0 Å². The molecular formula is C64H119N2O6P. The number of aliphatic hydroxyl groups excluding tert-OH is 1. The zero-order chi connectivity index (χ0) is 53.5. The van der Waals surface area contributed by atoms with Gasteiger partial charge in [0, 0.05) is 6.42 Å². The molecule has 0 radical (unpaired) electrons. The number of aliphatic hydroxyl groups is 1. The number of phosphoric acid groups is 1. The maximum absolute atomic E-state index is 13.0. The second kappa shape index (κ2) is 54.7. The van der Waals surface area contributed by atoms with E-state index in [9.17, 15) is 19.4 Å². The fraction of sp³-hybridized carbons (Fsp3) is 0.797. The van der Waals surface area contributed by atoms with Gasteiger partial charge in [-0.05, 0) is 64.2 Å². The minimum absolute atomic E-state index is 0.00369. The van der Waals surface area contributed by atoms with E-state index in [2.05, 4.69) is 79.9 Å². The lowest BCUT2D eigenvalue weighted by molar-refractivity contribution is -0.870. The molecule has 8 nitrogen and oxygen atoms in total. The first kappa shape index (κ1) is 70.9. The van der Waals surface area contributed by atoms with Crippen LogP contribution in [0, 0.1) is 0 Å². The number of allylic oxidation sites excluding steroid dienone is 11. The van der Waals surface area contributed by atoms with Gasteiger partial charge in [-0.2, -0.15) is 0 Å². The predicted octanol–water partition coefficient (Wildman–Crippen LogP) is 18.4. The van der Waals surface area contributed by atoms with Crippen LogP contribution in [0.25, 0.3) is 0 Å². The van der Waals surface area contributed by atoms with Crippen LogP contribution < -0.4 is 10.2 Å². The average molecular weight is 1040 g/mol. The van der Waals surface area contributed by atoms with Gasteiger partial charge in [0.1, 0.15) is 13.2 Å². The van der Waals surface area contributed by atoms with Crippen molar-refractivity contribution in [1.29, 1.82) is 0 Å². The van der Waals surface area contributed by atoms with Gasteiger partial charge in [0.05, 0.1) is 39.9 Å². The van der Waals surface area contributed by atoms with Crippen LogP contribution in [0.4, 0.5) is 0 Å². The molecule has 0 saturated carbocycles. The van der Waals surface area contributed by atoms with Crippen molar-refractivity contribution in [2.45, 2.75) is 289 Å². The summed E-state index contributed by atoms with van der Waals surface area (Å²) in [4.78, 5) is 25.6. The van der Waals surface area contributed by atoms with Gasteiger partial charge in [-0.1, -0.05) is 279 Å². The standard InChI is InChI=1S/C64H119N2O6P/c1-6-8-10-12-14-16-18-20-22-24-26-28-30-32-33-34-36-38-40-42-44-46-48-50-52-54-56-58-64(68)65-62(61-72-73(69,70)71-60-59-66(3,4)5)63(67)57-55-53-51-49-47-45-43-41-39-37-35-31-29-27-25-23-21-19-17-15-13-11-9-7-2/h8,10,14,16,20,22,26,28,32-33,55,57,62-63,67H,6-7,9,11-13,15,17-19,21,23-25,27,29-31,34-54,56,58-61H2,1-5H3,(H-,65,68,69,70)/b10-8-,16-14-,22-20-,28-26-,33-32-,57-55+. The molecule has 1 amide bonds. The summed E-state index contributed by atoms with van der Waals surface area (Å²) in [5.74, 6) is -0.200. The van der Waals surface area contributed by atoms with E-state index < -0.39 is 20.0 Å². The van der Waals surface area contributed by atoms with E-state index in [1.807, 2.05) is 27.2 Å². The van der Waals surface area contributed by atoms with Crippen molar-refractivity contribution in [1.82, 2.24) is 5.32 Å². The van der Waals surface area contributed by atoms with Crippen LogP contribution in [-0.2, 0) is 18.4 Å². The zero-order valence-electron chi connectivity index (χ0n) is 48.6. The summed E-state index contributed by atoms with van der Waals surface area (Å²) in [5.41, 5.74) is 0. The van der Waals surface area contributed by atoms with Crippen molar-refractivity contribution in [2.75, 3.05) is 40.9 Å². The third-order valence-electron chi connectivity index (χ3n) is 13.7. The molecule has 73 heavy (non-hydrogen) atoms. The topological polar surface area (TPSA) is 108 Å². The van der Waals surface area contributed by atoms with Gasteiger partial charge in [0.2, 0.25) is 5.91 Å². The van der Waals surface area contributed by atoms with Gasteiger partial charge < -0.3 is 28.8 Å². The fourth-order valence-corrected chi connectivity index (χ4v) is 9.61. The summed E-state index contributed by atoms with van der Waals surface area (Å²) in [7, 11) is 1.26. The smallest absolute Gasteiger partial charge is 0.268 e. The SMILES string of the molecule is CC/C=C\C/C=C\C/C=C\C/C=C\C/C=C\CCCCCCCCCCCCCC(=O)NC(COP(=O)([O-])OCC[N+](C)(C)C)C(O)/C=C/CCCCCCCCCCCCCCCCCCCCCCCC. The van der Waals surface area contributed by atoms with Crippen LogP contribution in [0.2, 0.25) is 0 Å². The Morgan fingerprint density at radius 2 is 0.836 bits per heavy atom. The third-order valence-corrected chi connectivity index (χ3v) is 14.6. The molecule has 0 aromatic rings. The number of carbonyl (C=O) groups is 1. The zero-order valence-corrected chi connectivity index (χ0v) is 49.5. The number of unbranched alkanes of at least 4 members (excludes halogenated alkanes) is 33. The number of quaternary nitrogens is 1. The minimum Gasteiger partial charge on any atom is -0.756 e. The van der Waals surface area contributed by atoms with Crippen LogP contribution in [0.15, 0.2) is 72.9 Å². The van der Waals surface area contributed by atoms with Crippen molar-refractivity contribution in [3.05, 3.63) is 72.9 Å². The molecule has 0 saturated heterocycles. The molecule has 0 rings (SSSR count). The molecule has 3 unspecified atom stereocenters. The fourth-order valence-electron chi connectivity index (χ4n) is 8.89. The molecule has 2 N–H and O–H groups in total. The van der Waals surface area contributed by atoms with Crippen molar-refractivity contribution < 1.29 is 32.9 Å². The molecule has 0 heterocycles. The van der Waals surface area contributed by atoms with E-state index in [-0.39, 0.29) is 19.1 Å². The molecule has 0 bridgehead atoms. The molecule has 0 aliphatic heterocycles. The minimum atomic E-state index is -4.60. The monoisotopic (exact) mass is 1040 g/mol. The maximum atomic E-state index is 13.0. The number of nitrogens with zero attached hydrogens (tertiary/aromatic N) is 1. The van der Waals surface area contributed by atoms with E-state index in [1.54, 1.807) is 6.08 Å². The summed E-state index contributed by atoms with van der Waals surface area (Å²) in [6.45, 7) is 4.56. The number of nitrogens with one attached hydrogen (secondary N) is 1. The molecule has 426 valence electrons. The number of hydrogen-bond acceptors (Lipinski definition) is 6. The second-order valence-corrected chi connectivity index (χ2v) is 23.4. The number of rotatable bonds is 56. The molecule has 3 atom stereocenters. The highest BCUT2D eigenvalue weighted by Gasteiger charge is 2.23. The molecule has 0 aromatic heterocycles. The van der Waals surface area contributed by atoms with Crippen molar-refractivity contribution in [3.63, 3.8) is 0 Å². The molecule has 0 aliphatic carbocycles. The maximum Gasteiger partial charge on any atom is 0.268 e. The number of hydrogen-bond donors (Lipinski definition) is 2. The first-order valence-electron chi connectivity index (χ1n) is 30.8. The molecule has 0 fully saturated rings. The van der Waals surface area contributed by atoms with Crippen molar-refractivity contribution in [2.24, 2.45) is 0 Å². The summed E-state index contributed by atoms with van der Waals surface area (Å²) >= 11 is 0. The van der Waals surface area contributed by atoms with E-state index in [1.165, 1.54) is 186 Å². The Morgan fingerprint density at radius 1 is 0.493 bits per heavy atom. The van der Waals surface area contributed by atoms with E-state index >= 15 is 0 Å². The summed E-state index contributed by atoms with van der Waals surface area (Å²) in [6, 6.07) is -0.893. The predicted molar refractivity (Wildman–Crippen MR) is 316 cm³/mol.